The molecule has 0 aromatic heterocycles. The molecule has 1 aromatic rings. The van der Waals surface area contributed by atoms with Crippen molar-refractivity contribution < 1.29 is 14.5 Å². The summed E-state index contributed by atoms with van der Waals surface area (Å²) < 4.78 is 5.28. The molecule has 2 unspecified atom stereocenters. The smallest absolute Gasteiger partial charge is 0.293 e. The molecule has 140 valence electrons. The van der Waals surface area contributed by atoms with Gasteiger partial charge in [0.05, 0.1) is 18.1 Å². The number of carbonyl (C=O) groups excluding carboxylic acids is 1. The Balaban J connectivity index is 1.62. The van der Waals surface area contributed by atoms with Crippen molar-refractivity contribution in [2.24, 2.45) is 5.92 Å². The van der Waals surface area contributed by atoms with Crippen molar-refractivity contribution in [3.63, 3.8) is 0 Å². The van der Waals surface area contributed by atoms with E-state index in [4.69, 9.17) is 4.74 Å². The van der Waals surface area contributed by atoms with Crippen molar-refractivity contribution in [3.8, 4) is 0 Å². The van der Waals surface area contributed by atoms with E-state index in [9.17, 15) is 14.9 Å². The van der Waals surface area contributed by atoms with Crippen LogP contribution in [0.25, 0.3) is 0 Å². The molecule has 0 spiro atoms. The fourth-order valence-corrected chi connectivity index (χ4v) is 4.70. The third-order valence-electron chi connectivity index (χ3n) is 6.04. The quantitative estimate of drug-likeness (QED) is 0.613. The summed E-state index contributed by atoms with van der Waals surface area (Å²) in [5.74, 6) is 0.498. The molecular formula is C19H25N3O4. The van der Waals surface area contributed by atoms with Gasteiger partial charge in [0.1, 0.15) is 5.69 Å². The second-order valence-corrected chi connectivity index (χ2v) is 7.46. The molecule has 4 rings (SSSR count). The highest BCUT2D eigenvalue weighted by atomic mass is 16.6. The van der Waals surface area contributed by atoms with Gasteiger partial charge < -0.3 is 14.5 Å². The first-order valence-corrected chi connectivity index (χ1v) is 9.57. The van der Waals surface area contributed by atoms with Crippen LogP contribution in [0.4, 0.5) is 11.4 Å². The van der Waals surface area contributed by atoms with Crippen molar-refractivity contribution in [1.82, 2.24) is 4.90 Å². The van der Waals surface area contributed by atoms with Crippen molar-refractivity contribution in [2.75, 3.05) is 37.7 Å². The van der Waals surface area contributed by atoms with E-state index in [0.29, 0.717) is 49.5 Å². The predicted molar refractivity (Wildman–Crippen MR) is 97.5 cm³/mol. The Morgan fingerprint density at radius 3 is 2.65 bits per heavy atom. The van der Waals surface area contributed by atoms with Crippen LogP contribution in [0.15, 0.2) is 18.2 Å². The number of nitro groups is 1. The van der Waals surface area contributed by atoms with Crippen LogP contribution in [0.2, 0.25) is 0 Å². The van der Waals surface area contributed by atoms with E-state index < -0.39 is 0 Å². The van der Waals surface area contributed by atoms with Crippen LogP contribution in [0.5, 0.6) is 0 Å². The topological polar surface area (TPSA) is 75.9 Å². The number of rotatable bonds is 3. The van der Waals surface area contributed by atoms with Gasteiger partial charge in [-0.1, -0.05) is 12.8 Å². The number of carbonyl (C=O) groups is 1. The third-order valence-corrected chi connectivity index (χ3v) is 6.04. The van der Waals surface area contributed by atoms with Gasteiger partial charge in [-0.2, -0.15) is 0 Å². The van der Waals surface area contributed by atoms with Crippen LogP contribution in [0.1, 0.15) is 42.5 Å². The van der Waals surface area contributed by atoms with Crippen molar-refractivity contribution in [2.45, 2.75) is 38.1 Å². The molecule has 1 aliphatic carbocycles. The Morgan fingerprint density at radius 2 is 1.88 bits per heavy atom. The lowest BCUT2D eigenvalue weighted by Gasteiger charge is -2.33. The summed E-state index contributed by atoms with van der Waals surface area (Å²) in [6.45, 7) is 2.97. The Morgan fingerprint density at radius 1 is 1.12 bits per heavy atom. The summed E-state index contributed by atoms with van der Waals surface area (Å²) in [7, 11) is 0. The van der Waals surface area contributed by atoms with Gasteiger partial charge in [-0.15, -0.1) is 0 Å². The summed E-state index contributed by atoms with van der Waals surface area (Å²) in [6.07, 6.45) is 5.90. The highest BCUT2D eigenvalue weighted by molar-refractivity contribution is 5.96. The first-order chi connectivity index (χ1) is 12.6. The molecule has 1 aromatic carbocycles. The van der Waals surface area contributed by atoms with Crippen LogP contribution < -0.4 is 4.90 Å². The average molecular weight is 359 g/mol. The molecule has 3 aliphatic rings. The number of anilines is 1. The SMILES string of the molecule is O=C(c1ccc(N2CCC3CCCCC32)c([N+](=O)[O-])c1)N1CCOCC1. The van der Waals surface area contributed by atoms with E-state index in [1.54, 1.807) is 17.0 Å². The number of amides is 1. The third kappa shape index (κ3) is 3.16. The predicted octanol–water partition coefficient (Wildman–Crippen LogP) is 2.84. The highest BCUT2D eigenvalue weighted by Gasteiger charge is 2.38. The van der Waals surface area contributed by atoms with Crippen molar-refractivity contribution in [3.05, 3.63) is 33.9 Å². The first-order valence-electron chi connectivity index (χ1n) is 9.57. The molecule has 2 aliphatic heterocycles. The van der Waals surface area contributed by atoms with Crippen LogP contribution in [-0.4, -0.2) is 54.6 Å². The van der Waals surface area contributed by atoms with E-state index in [-0.39, 0.29) is 16.5 Å². The molecule has 7 nitrogen and oxygen atoms in total. The van der Waals surface area contributed by atoms with Crippen LogP contribution in [0.3, 0.4) is 0 Å². The second-order valence-electron chi connectivity index (χ2n) is 7.46. The Bertz CT molecular complexity index is 702. The molecular weight excluding hydrogens is 334 g/mol. The number of nitro benzene ring substituents is 1. The maximum Gasteiger partial charge on any atom is 0.293 e. The minimum atomic E-state index is -0.346. The van der Waals surface area contributed by atoms with Gasteiger partial charge in [0.15, 0.2) is 0 Å². The Kier molecular flexibility index (Phi) is 4.80. The fourth-order valence-electron chi connectivity index (χ4n) is 4.70. The number of hydrogen-bond acceptors (Lipinski definition) is 5. The molecule has 2 saturated heterocycles. The number of benzene rings is 1. The Labute approximate surface area is 153 Å². The van der Waals surface area contributed by atoms with Gasteiger partial charge in [0.25, 0.3) is 11.6 Å². The van der Waals surface area contributed by atoms with Crippen molar-refractivity contribution in [1.29, 1.82) is 0 Å². The summed E-state index contributed by atoms with van der Waals surface area (Å²) in [5, 5.41) is 11.7. The number of ether oxygens (including phenoxy) is 1. The maximum absolute atomic E-state index is 12.7. The molecule has 0 bridgehead atoms. The van der Waals surface area contributed by atoms with Gasteiger partial charge in [0.2, 0.25) is 0 Å². The zero-order chi connectivity index (χ0) is 18.1. The molecule has 0 radical (unpaired) electrons. The van der Waals surface area contributed by atoms with Crippen LogP contribution in [-0.2, 0) is 4.74 Å². The standard InChI is InChI=1S/C19H25N3O4/c23-19(20-9-11-26-12-10-20)15-5-6-17(18(13-15)22(24)25)21-8-7-14-3-1-2-4-16(14)21/h5-6,13-14,16H,1-4,7-12H2. The fraction of sp³-hybridized carbons (Fsp3) is 0.632. The second kappa shape index (κ2) is 7.23. The zero-order valence-electron chi connectivity index (χ0n) is 14.9. The van der Waals surface area contributed by atoms with E-state index in [0.717, 1.165) is 19.4 Å². The van der Waals surface area contributed by atoms with Crippen LogP contribution in [0, 0.1) is 16.0 Å². The summed E-state index contributed by atoms with van der Waals surface area (Å²) in [6, 6.07) is 5.39. The van der Waals surface area contributed by atoms with Crippen LogP contribution >= 0.6 is 0 Å². The van der Waals surface area contributed by atoms with Crippen molar-refractivity contribution >= 4 is 17.3 Å². The van der Waals surface area contributed by atoms with E-state index in [2.05, 4.69) is 4.90 Å². The number of hydrogen-bond donors (Lipinski definition) is 0. The summed E-state index contributed by atoms with van der Waals surface area (Å²) >= 11 is 0. The summed E-state index contributed by atoms with van der Waals surface area (Å²) in [4.78, 5) is 28.0. The number of nitrogens with zero attached hydrogens (tertiary/aromatic N) is 3. The molecule has 7 heteroatoms. The largest absolute Gasteiger partial charge is 0.378 e. The first kappa shape index (κ1) is 17.3. The monoisotopic (exact) mass is 359 g/mol. The van der Waals surface area contributed by atoms with Gasteiger partial charge >= 0.3 is 0 Å². The average Bonchev–Trinajstić information content (AvgIpc) is 3.11. The number of fused-ring (bicyclic) bond motifs is 1. The minimum absolute atomic E-state index is 0.0512. The lowest BCUT2D eigenvalue weighted by atomic mass is 9.85. The molecule has 3 fully saturated rings. The highest BCUT2D eigenvalue weighted by Crippen LogP contribution is 2.42. The minimum Gasteiger partial charge on any atom is -0.378 e. The molecule has 26 heavy (non-hydrogen) atoms. The molecule has 2 atom stereocenters. The number of morpholine rings is 1. The zero-order valence-corrected chi connectivity index (χ0v) is 14.9. The molecule has 2 heterocycles. The molecule has 0 N–H and O–H groups in total. The molecule has 1 saturated carbocycles. The van der Waals surface area contributed by atoms with Gasteiger partial charge in [-0.3, -0.25) is 14.9 Å². The van der Waals surface area contributed by atoms with Gasteiger partial charge in [0, 0.05) is 37.3 Å². The van der Waals surface area contributed by atoms with Gasteiger partial charge in [-0.25, -0.2) is 0 Å². The molecule has 1 amide bonds. The maximum atomic E-state index is 12.7. The lowest BCUT2D eigenvalue weighted by molar-refractivity contribution is -0.384. The van der Waals surface area contributed by atoms with E-state index >= 15 is 0 Å². The van der Waals surface area contributed by atoms with E-state index in [1.807, 2.05) is 0 Å². The summed E-state index contributed by atoms with van der Waals surface area (Å²) in [5.41, 5.74) is 1.11. The normalized spacial score (nSPS) is 25.8. The van der Waals surface area contributed by atoms with E-state index in [1.165, 1.54) is 25.3 Å². The Hall–Kier alpha value is -2.15. The lowest BCUT2D eigenvalue weighted by Crippen LogP contribution is -2.40. The van der Waals surface area contributed by atoms with Gasteiger partial charge in [-0.05, 0) is 37.3 Å².